The van der Waals surface area contributed by atoms with Gasteiger partial charge in [0, 0.05) is 12.6 Å². The van der Waals surface area contributed by atoms with Gasteiger partial charge >= 0.3 is 0 Å². The van der Waals surface area contributed by atoms with Crippen molar-refractivity contribution in [1.29, 1.82) is 0 Å². The molecule has 0 aromatic carbocycles. The van der Waals surface area contributed by atoms with Crippen LogP contribution in [-0.2, 0) is 0 Å². The molecule has 0 saturated heterocycles. The second-order valence-corrected chi connectivity index (χ2v) is 4.65. The summed E-state index contributed by atoms with van der Waals surface area (Å²) in [6.45, 7) is 15.0. The van der Waals surface area contributed by atoms with Crippen LogP contribution >= 0.6 is 0 Å². The van der Waals surface area contributed by atoms with Crippen LogP contribution in [0.3, 0.4) is 0 Å². The molecule has 0 aliphatic rings. The maximum atomic E-state index is 3.81. The van der Waals surface area contributed by atoms with E-state index >= 15 is 0 Å². The van der Waals surface area contributed by atoms with E-state index < -0.39 is 0 Å². The Balaban J connectivity index is 3.36. The second kappa shape index (κ2) is 11.2. The molecule has 0 saturated carbocycles. The molecule has 2 nitrogen and oxygen atoms in total. The normalized spacial score (nSPS) is 11.3. The zero-order valence-corrected chi connectivity index (χ0v) is 11.5. The Kier molecular flexibility index (Phi) is 10.9. The molecule has 0 aliphatic carbocycles. The predicted molar refractivity (Wildman–Crippen MR) is 73.9 cm³/mol. The Hall–Kier alpha value is -0.340. The Morgan fingerprint density at radius 2 is 1.88 bits per heavy atom. The summed E-state index contributed by atoms with van der Waals surface area (Å²) in [5, 5.41) is 3.36. The van der Waals surface area contributed by atoms with E-state index in [0.717, 1.165) is 13.1 Å². The summed E-state index contributed by atoms with van der Waals surface area (Å²) in [6.07, 6.45) is 7.35. The van der Waals surface area contributed by atoms with Gasteiger partial charge in [0.15, 0.2) is 0 Å². The molecule has 1 N–H and O–H groups in total. The summed E-state index contributed by atoms with van der Waals surface area (Å²) in [7, 11) is 0. The maximum absolute atomic E-state index is 3.81. The van der Waals surface area contributed by atoms with Gasteiger partial charge in [0.2, 0.25) is 0 Å². The topological polar surface area (TPSA) is 15.3 Å². The summed E-state index contributed by atoms with van der Waals surface area (Å²) >= 11 is 0. The lowest BCUT2D eigenvalue weighted by Crippen LogP contribution is -2.31. The van der Waals surface area contributed by atoms with Crippen molar-refractivity contribution >= 4 is 0 Å². The van der Waals surface area contributed by atoms with E-state index in [4.69, 9.17) is 0 Å². The molecule has 0 atom stereocenters. The third-order valence-corrected chi connectivity index (χ3v) is 2.89. The van der Waals surface area contributed by atoms with Gasteiger partial charge in [-0.3, -0.25) is 4.90 Å². The summed E-state index contributed by atoms with van der Waals surface area (Å²) in [5.74, 6) is 0. The number of hydrogen-bond acceptors (Lipinski definition) is 2. The van der Waals surface area contributed by atoms with Crippen molar-refractivity contribution in [2.75, 3.05) is 26.2 Å². The first-order chi connectivity index (χ1) is 7.72. The fourth-order valence-electron chi connectivity index (χ4n) is 1.82. The minimum atomic E-state index is 0.639. The molecular formula is C14H30N2. The molecule has 2 heteroatoms. The van der Waals surface area contributed by atoms with Gasteiger partial charge in [0.25, 0.3) is 0 Å². The molecule has 0 aliphatic heterocycles. The zero-order valence-electron chi connectivity index (χ0n) is 11.5. The maximum Gasteiger partial charge on any atom is 0.0163 e. The van der Waals surface area contributed by atoms with E-state index in [1.165, 1.54) is 38.8 Å². The minimum Gasteiger partial charge on any atom is -0.317 e. The average molecular weight is 226 g/mol. The Bertz CT molecular complexity index is 155. The molecule has 0 rings (SSSR count). The summed E-state index contributed by atoms with van der Waals surface area (Å²) in [6, 6.07) is 0.639. The number of unbranched alkanes of at least 4 members (excludes halogenated alkanes) is 3. The van der Waals surface area contributed by atoms with Gasteiger partial charge in [-0.1, -0.05) is 25.8 Å². The molecule has 0 amide bonds. The van der Waals surface area contributed by atoms with Crippen LogP contribution in [0.2, 0.25) is 0 Å². The van der Waals surface area contributed by atoms with Gasteiger partial charge in [-0.05, 0) is 46.3 Å². The van der Waals surface area contributed by atoms with E-state index in [9.17, 15) is 0 Å². The lowest BCUT2D eigenvalue weighted by Gasteiger charge is -2.24. The summed E-state index contributed by atoms with van der Waals surface area (Å²) in [4.78, 5) is 2.48. The van der Waals surface area contributed by atoms with E-state index in [0.29, 0.717) is 6.04 Å². The van der Waals surface area contributed by atoms with Crippen LogP contribution in [0.5, 0.6) is 0 Å². The van der Waals surface area contributed by atoms with Crippen molar-refractivity contribution in [3.63, 3.8) is 0 Å². The second-order valence-electron chi connectivity index (χ2n) is 4.65. The van der Waals surface area contributed by atoms with Crippen molar-refractivity contribution in [3.8, 4) is 0 Å². The van der Waals surface area contributed by atoms with Crippen molar-refractivity contribution in [2.24, 2.45) is 0 Å². The zero-order chi connectivity index (χ0) is 12.2. The molecule has 0 spiro atoms. The van der Waals surface area contributed by atoms with Crippen LogP contribution in [0.4, 0.5) is 0 Å². The first-order valence-electron chi connectivity index (χ1n) is 6.78. The van der Waals surface area contributed by atoms with Gasteiger partial charge < -0.3 is 5.32 Å². The number of nitrogens with one attached hydrogen (secondary N) is 1. The molecule has 0 aromatic rings. The van der Waals surface area contributed by atoms with Gasteiger partial charge in [-0.2, -0.15) is 0 Å². The molecule has 0 radical (unpaired) electrons. The van der Waals surface area contributed by atoms with Crippen LogP contribution < -0.4 is 5.32 Å². The highest BCUT2D eigenvalue weighted by Gasteiger charge is 2.05. The Labute approximate surface area is 102 Å². The molecule has 16 heavy (non-hydrogen) atoms. The largest absolute Gasteiger partial charge is 0.317 e. The van der Waals surface area contributed by atoms with Crippen molar-refractivity contribution in [2.45, 2.75) is 52.5 Å². The highest BCUT2D eigenvalue weighted by Crippen LogP contribution is 2.04. The molecule has 0 heterocycles. The number of rotatable bonds is 11. The molecular weight excluding hydrogens is 196 g/mol. The van der Waals surface area contributed by atoms with Crippen molar-refractivity contribution < 1.29 is 0 Å². The van der Waals surface area contributed by atoms with Crippen LogP contribution in [-0.4, -0.2) is 37.1 Å². The first kappa shape index (κ1) is 15.7. The van der Waals surface area contributed by atoms with Gasteiger partial charge in [-0.25, -0.2) is 0 Å². The molecule has 0 aromatic heterocycles. The summed E-state index contributed by atoms with van der Waals surface area (Å²) < 4.78 is 0. The molecule has 0 fully saturated rings. The number of hydrogen-bond donors (Lipinski definition) is 1. The third kappa shape index (κ3) is 8.93. The van der Waals surface area contributed by atoms with Gasteiger partial charge in [0.05, 0.1) is 0 Å². The number of nitrogens with zero attached hydrogens (tertiary/aromatic N) is 1. The van der Waals surface area contributed by atoms with Crippen molar-refractivity contribution in [3.05, 3.63) is 12.7 Å². The standard InChI is InChI=1S/C14H30N2/c1-5-12-16(14(3)4)13-10-8-7-9-11-15-6-2/h5,14-15H,1,6-13H2,2-4H3. The van der Waals surface area contributed by atoms with Crippen LogP contribution in [0.1, 0.15) is 46.5 Å². The molecule has 0 bridgehead atoms. The molecule has 0 unspecified atom stereocenters. The van der Waals surface area contributed by atoms with Gasteiger partial charge in [0.1, 0.15) is 0 Å². The average Bonchev–Trinajstić information content (AvgIpc) is 2.26. The van der Waals surface area contributed by atoms with Crippen molar-refractivity contribution in [1.82, 2.24) is 10.2 Å². The lowest BCUT2D eigenvalue weighted by atomic mass is 10.1. The Morgan fingerprint density at radius 3 is 2.44 bits per heavy atom. The molecule has 96 valence electrons. The SMILES string of the molecule is C=CCN(CCCCCCNCC)C(C)C. The van der Waals surface area contributed by atoms with Crippen LogP contribution in [0, 0.1) is 0 Å². The highest BCUT2D eigenvalue weighted by molar-refractivity contribution is 4.75. The summed E-state index contributed by atoms with van der Waals surface area (Å²) in [5.41, 5.74) is 0. The van der Waals surface area contributed by atoms with E-state index in [-0.39, 0.29) is 0 Å². The predicted octanol–water partition coefficient (Wildman–Crippen LogP) is 3.05. The van der Waals surface area contributed by atoms with E-state index in [1.807, 2.05) is 6.08 Å². The van der Waals surface area contributed by atoms with Gasteiger partial charge in [-0.15, -0.1) is 6.58 Å². The van der Waals surface area contributed by atoms with E-state index in [2.05, 4.69) is 37.6 Å². The third-order valence-electron chi connectivity index (χ3n) is 2.89. The minimum absolute atomic E-state index is 0.639. The quantitative estimate of drug-likeness (QED) is 0.430. The Morgan fingerprint density at radius 1 is 1.19 bits per heavy atom. The highest BCUT2D eigenvalue weighted by atomic mass is 15.1. The fraction of sp³-hybridized carbons (Fsp3) is 0.857. The smallest absolute Gasteiger partial charge is 0.0163 e. The monoisotopic (exact) mass is 226 g/mol. The lowest BCUT2D eigenvalue weighted by molar-refractivity contribution is 0.240. The fourth-order valence-corrected chi connectivity index (χ4v) is 1.82. The van der Waals surface area contributed by atoms with Crippen LogP contribution in [0.25, 0.3) is 0 Å². The first-order valence-corrected chi connectivity index (χ1v) is 6.78. The van der Waals surface area contributed by atoms with Crippen LogP contribution in [0.15, 0.2) is 12.7 Å². The van der Waals surface area contributed by atoms with E-state index in [1.54, 1.807) is 0 Å².